The van der Waals surface area contributed by atoms with E-state index in [-0.39, 0.29) is 25.7 Å². The second-order valence-electron chi connectivity index (χ2n) is 24.1. The van der Waals surface area contributed by atoms with Crippen LogP contribution in [0.25, 0.3) is 0 Å². The maximum Gasteiger partial charge on any atom is 0.472 e. The molecule has 0 aliphatic heterocycles. The minimum absolute atomic E-state index is 0.0781. The van der Waals surface area contributed by atoms with E-state index in [1.54, 1.807) is 0 Å². The highest BCUT2D eigenvalue weighted by Crippen LogP contribution is 2.45. The van der Waals surface area contributed by atoms with Crippen molar-refractivity contribution < 1.29 is 80.2 Å². The SMILES string of the molecule is CC/C=C\C/C=C\C/C=C\C/C=C\CCCCCCC(=O)OCC(COP(=O)(O)OCC(O)COP(=O)(O)OCC(COC(=O)CCCCCCC/C=C\C/C=C\CCC)OC(=O)CCCCCCC/C=C\CCCCCC)OC(=O)CCCCCCC/C=C\CCCC. The van der Waals surface area contributed by atoms with Gasteiger partial charge in [-0.15, -0.1) is 0 Å². The average molecular weight is 1370 g/mol. The Hall–Kier alpha value is -4.02. The van der Waals surface area contributed by atoms with Crippen LogP contribution in [-0.2, 0) is 65.4 Å². The van der Waals surface area contributed by atoms with E-state index in [2.05, 4.69) is 125 Å². The Morgan fingerprint density at radius 2 is 0.585 bits per heavy atom. The number of ether oxygens (including phenoxy) is 4. The third-order valence-electron chi connectivity index (χ3n) is 15.0. The number of aliphatic hydroxyl groups is 1. The summed E-state index contributed by atoms with van der Waals surface area (Å²) in [6, 6.07) is 0. The predicted molar refractivity (Wildman–Crippen MR) is 381 cm³/mol. The summed E-state index contributed by atoms with van der Waals surface area (Å²) in [6.45, 7) is 4.57. The van der Waals surface area contributed by atoms with Crippen LogP contribution in [0.15, 0.2) is 97.2 Å². The van der Waals surface area contributed by atoms with Crippen molar-refractivity contribution in [2.45, 2.75) is 316 Å². The lowest BCUT2D eigenvalue weighted by molar-refractivity contribution is -0.161. The Labute approximate surface area is 569 Å². The van der Waals surface area contributed by atoms with Gasteiger partial charge in [0.15, 0.2) is 12.2 Å². The molecule has 542 valence electrons. The van der Waals surface area contributed by atoms with E-state index in [9.17, 15) is 43.2 Å². The van der Waals surface area contributed by atoms with Crippen LogP contribution in [-0.4, -0.2) is 96.7 Å². The van der Waals surface area contributed by atoms with Gasteiger partial charge in [0.25, 0.3) is 0 Å². The molecule has 0 saturated carbocycles. The van der Waals surface area contributed by atoms with Crippen LogP contribution >= 0.6 is 15.6 Å². The fraction of sp³-hybridized carbons (Fsp3) is 0.733. The maximum atomic E-state index is 13.0. The number of hydrogen-bond donors (Lipinski definition) is 3. The number of esters is 4. The fourth-order valence-corrected chi connectivity index (χ4v) is 11.0. The summed E-state index contributed by atoms with van der Waals surface area (Å²) in [5, 5.41) is 10.6. The molecule has 19 heteroatoms. The molecule has 0 fully saturated rings. The Morgan fingerprint density at radius 1 is 0.309 bits per heavy atom. The van der Waals surface area contributed by atoms with Gasteiger partial charge in [-0.2, -0.15) is 0 Å². The van der Waals surface area contributed by atoms with Crippen LogP contribution < -0.4 is 0 Å². The Balaban J connectivity index is 5.34. The summed E-state index contributed by atoms with van der Waals surface area (Å²) in [5.74, 6) is -2.23. The van der Waals surface area contributed by atoms with E-state index in [0.29, 0.717) is 25.7 Å². The second kappa shape index (κ2) is 67.5. The third kappa shape index (κ3) is 66.6. The van der Waals surface area contributed by atoms with E-state index >= 15 is 0 Å². The van der Waals surface area contributed by atoms with Crippen LogP contribution in [0.1, 0.15) is 297 Å². The number of carbonyl (C=O) groups excluding carboxylic acids is 4. The van der Waals surface area contributed by atoms with Crippen molar-refractivity contribution in [3.63, 3.8) is 0 Å². The highest BCUT2D eigenvalue weighted by Gasteiger charge is 2.30. The molecule has 0 amide bonds. The lowest BCUT2D eigenvalue weighted by Crippen LogP contribution is -2.30. The minimum Gasteiger partial charge on any atom is -0.462 e. The molecule has 0 rings (SSSR count). The average Bonchev–Trinajstić information content (AvgIpc) is 1.32. The topological polar surface area (TPSA) is 237 Å². The summed E-state index contributed by atoms with van der Waals surface area (Å²) >= 11 is 0. The number of carbonyl (C=O) groups is 4. The zero-order chi connectivity index (χ0) is 69.0. The first-order valence-electron chi connectivity index (χ1n) is 36.5. The van der Waals surface area contributed by atoms with Crippen LogP contribution in [0, 0.1) is 0 Å². The molecule has 0 aliphatic rings. The molecule has 3 N–H and O–H groups in total. The number of aliphatic hydroxyl groups excluding tert-OH is 1. The van der Waals surface area contributed by atoms with Crippen molar-refractivity contribution >= 4 is 39.5 Å². The largest absolute Gasteiger partial charge is 0.472 e. The van der Waals surface area contributed by atoms with Crippen molar-refractivity contribution in [3.05, 3.63) is 97.2 Å². The molecule has 0 heterocycles. The van der Waals surface area contributed by atoms with Gasteiger partial charge in [-0.3, -0.25) is 37.3 Å². The molecule has 0 bridgehead atoms. The van der Waals surface area contributed by atoms with Crippen molar-refractivity contribution in [1.29, 1.82) is 0 Å². The molecule has 0 saturated heterocycles. The van der Waals surface area contributed by atoms with Gasteiger partial charge in [-0.05, 0) is 135 Å². The van der Waals surface area contributed by atoms with E-state index < -0.39 is 97.5 Å². The standard InChI is InChI=1S/C75H130O17P2/c1-5-9-13-17-21-25-29-32-33-34-35-38-41-44-48-52-56-60-73(78)86-65-70(91-74(79)61-57-53-49-45-39-28-24-20-16-12-8-4)67-89-93(81,82)87-63-69(76)64-88-94(83,84)90-68-71(92-75(80)62-58-54-50-46-42-37-31-27-23-19-15-11-7-3)66-85-72(77)59-55-51-47-43-40-36-30-26-22-18-14-10-6-2/h9,13-14,18,20-21,24-27,30-33,35,38,69-71,76H,5-8,10-12,15-17,19,22-23,28-29,34,36-37,39-68H2,1-4H3,(H,81,82)(H,83,84)/b13-9-,18-14-,24-20-,25-21-,30-26-,31-27-,33-32-,38-35-. The Bertz CT molecular complexity index is 2170. The first-order chi connectivity index (χ1) is 45.7. The molecule has 0 spiro atoms. The van der Waals surface area contributed by atoms with Crippen LogP contribution in [0.3, 0.4) is 0 Å². The molecule has 5 unspecified atom stereocenters. The van der Waals surface area contributed by atoms with E-state index in [0.717, 1.165) is 180 Å². The first-order valence-corrected chi connectivity index (χ1v) is 39.5. The number of phosphoric acid groups is 2. The summed E-state index contributed by atoms with van der Waals surface area (Å²) in [6.07, 6.45) is 68.4. The summed E-state index contributed by atoms with van der Waals surface area (Å²) in [7, 11) is -9.95. The van der Waals surface area contributed by atoms with Gasteiger partial charge < -0.3 is 33.8 Å². The predicted octanol–water partition coefficient (Wildman–Crippen LogP) is 20.4. The summed E-state index contributed by atoms with van der Waals surface area (Å²) < 4.78 is 68.3. The quantitative estimate of drug-likeness (QED) is 0.0169. The summed E-state index contributed by atoms with van der Waals surface area (Å²) in [5.41, 5.74) is 0. The third-order valence-corrected chi connectivity index (χ3v) is 16.9. The molecule has 5 atom stereocenters. The molecular weight excluding hydrogens is 1230 g/mol. The number of rotatable bonds is 68. The van der Waals surface area contributed by atoms with Crippen molar-refractivity contribution in [2.75, 3.05) is 39.6 Å². The molecule has 0 radical (unpaired) electrons. The number of hydrogen-bond acceptors (Lipinski definition) is 15. The zero-order valence-corrected chi connectivity index (χ0v) is 60.7. The van der Waals surface area contributed by atoms with Gasteiger partial charge in [-0.25, -0.2) is 9.13 Å². The Kier molecular flexibility index (Phi) is 64.7. The van der Waals surface area contributed by atoms with Gasteiger partial charge in [0.1, 0.15) is 19.3 Å². The molecule has 0 aromatic rings. The van der Waals surface area contributed by atoms with Gasteiger partial charge >= 0.3 is 39.5 Å². The lowest BCUT2D eigenvalue weighted by Gasteiger charge is -2.21. The number of allylic oxidation sites excluding steroid dienone is 16. The zero-order valence-electron chi connectivity index (χ0n) is 58.9. The van der Waals surface area contributed by atoms with Crippen LogP contribution in [0.2, 0.25) is 0 Å². The molecule has 0 aromatic heterocycles. The van der Waals surface area contributed by atoms with Crippen molar-refractivity contribution in [3.8, 4) is 0 Å². The summed E-state index contributed by atoms with van der Waals surface area (Å²) in [4.78, 5) is 72.6. The van der Waals surface area contributed by atoms with E-state index in [1.807, 2.05) is 0 Å². The highest BCUT2D eigenvalue weighted by atomic mass is 31.2. The minimum atomic E-state index is -4.98. The second-order valence-corrected chi connectivity index (χ2v) is 27.0. The highest BCUT2D eigenvalue weighted by molar-refractivity contribution is 7.47. The van der Waals surface area contributed by atoms with Gasteiger partial charge in [0.2, 0.25) is 0 Å². The monoisotopic (exact) mass is 1360 g/mol. The number of unbranched alkanes of at least 4 members (excludes halogenated alkanes) is 26. The van der Waals surface area contributed by atoms with E-state index in [4.69, 9.17) is 37.0 Å². The molecule has 0 aliphatic carbocycles. The molecule has 0 aromatic carbocycles. The maximum absolute atomic E-state index is 13.0. The number of phosphoric ester groups is 2. The fourth-order valence-electron chi connectivity index (χ4n) is 9.40. The van der Waals surface area contributed by atoms with Crippen LogP contribution in [0.5, 0.6) is 0 Å². The normalized spacial score (nSPS) is 14.6. The van der Waals surface area contributed by atoms with Crippen molar-refractivity contribution in [1.82, 2.24) is 0 Å². The van der Waals surface area contributed by atoms with Gasteiger partial charge in [-0.1, -0.05) is 234 Å². The smallest absolute Gasteiger partial charge is 0.462 e. The van der Waals surface area contributed by atoms with Gasteiger partial charge in [0.05, 0.1) is 26.4 Å². The van der Waals surface area contributed by atoms with Gasteiger partial charge in [0, 0.05) is 25.7 Å². The molecule has 17 nitrogen and oxygen atoms in total. The van der Waals surface area contributed by atoms with Crippen molar-refractivity contribution in [2.24, 2.45) is 0 Å². The molecular formula is C75H130O17P2. The van der Waals surface area contributed by atoms with E-state index in [1.165, 1.54) is 38.5 Å². The molecule has 94 heavy (non-hydrogen) atoms. The van der Waals surface area contributed by atoms with Crippen LogP contribution in [0.4, 0.5) is 0 Å². The lowest BCUT2D eigenvalue weighted by atomic mass is 10.1. The first kappa shape index (κ1) is 90.0. The Morgan fingerprint density at radius 3 is 0.936 bits per heavy atom.